The fraction of sp³-hybridized carbons (Fsp3) is 0.583. The average molecular weight is 239 g/mol. The summed E-state index contributed by atoms with van der Waals surface area (Å²) in [5.74, 6) is 1.12. The predicted octanol–water partition coefficient (Wildman–Crippen LogP) is 1.76. The Balaban J connectivity index is 2.74. The summed E-state index contributed by atoms with van der Waals surface area (Å²) >= 11 is 1.87. The highest BCUT2D eigenvalue weighted by Crippen LogP contribution is 2.20. The van der Waals surface area contributed by atoms with Gasteiger partial charge >= 0.3 is 0 Å². The summed E-state index contributed by atoms with van der Waals surface area (Å²) in [5, 5.41) is 0. The zero-order chi connectivity index (χ0) is 12.0. The van der Waals surface area contributed by atoms with E-state index in [2.05, 4.69) is 30.1 Å². The van der Waals surface area contributed by atoms with Gasteiger partial charge in [0.25, 0.3) is 0 Å². The number of rotatable bonds is 6. The monoisotopic (exact) mass is 239 g/mol. The first kappa shape index (κ1) is 13.5. The van der Waals surface area contributed by atoms with Crippen molar-refractivity contribution in [1.82, 2.24) is 9.88 Å². The van der Waals surface area contributed by atoms with Gasteiger partial charge in [-0.2, -0.15) is 11.8 Å². The van der Waals surface area contributed by atoms with Gasteiger partial charge in [0.05, 0.1) is 0 Å². The van der Waals surface area contributed by atoms with Crippen molar-refractivity contribution in [1.29, 1.82) is 0 Å². The molecule has 0 aliphatic carbocycles. The van der Waals surface area contributed by atoms with E-state index >= 15 is 0 Å². The van der Waals surface area contributed by atoms with Crippen LogP contribution in [0.4, 0.5) is 0 Å². The molecule has 16 heavy (non-hydrogen) atoms. The molecule has 1 aromatic rings. The van der Waals surface area contributed by atoms with Crippen LogP contribution in [0.1, 0.15) is 18.5 Å². The summed E-state index contributed by atoms with van der Waals surface area (Å²) in [6.07, 6.45) is 5.78. The Labute approximate surface area is 102 Å². The first-order valence-electron chi connectivity index (χ1n) is 5.51. The van der Waals surface area contributed by atoms with E-state index in [-0.39, 0.29) is 6.04 Å². The zero-order valence-electron chi connectivity index (χ0n) is 10.3. The van der Waals surface area contributed by atoms with E-state index < -0.39 is 0 Å². The van der Waals surface area contributed by atoms with Gasteiger partial charge < -0.3 is 5.73 Å². The van der Waals surface area contributed by atoms with Gasteiger partial charge in [0.2, 0.25) is 0 Å². The minimum Gasteiger partial charge on any atom is -0.329 e. The summed E-state index contributed by atoms with van der Waals surface area (Å²) in [4.78, 5) is 6.38. The van der Waals surface area contributed by atoms with Crippen LogP contribution in [0.25, 0.3) is 0 Å². The quantitative estimate of drug-likeness (QED) is 0.821. The number of hydrogen-bond acceptors (Lipinski definition) is 4. The van der Waals surface area contributed by atoms with Gasteiger partial charge in [-0.25, -0.2) is 0 Å². The van der Waals surface area contributed by atoms with Crippen LogP contribution in [0.15, 0.2) is 24.5 Å². The Morgan fingerprint density at radius 2 is 2.06 bits per heavy atom. The van der Waals surface area contributed by atoms with Gasteiger partial charge in [0.1, 0.15) is 0 Å². The zero-order valence-corrected chi connectivity index (χ0v) is 11.1. The number of pyridine rings is 1. The Bertz CT molecular complexity index is 292. The molecule has 0 saturated heterocycles. The molecule has 3 nitrogen and oxygen atoms in total. The van der Waals surface area contributed by atoms with Crippen molar-refractivity contribution >= 4 is 11.8 Å². The van der Waals surface area contributed by atoms with Crippen LogP contribution in [0.3, 0.4) is 0 Å². The van der Waals surface area contributed by atoms with Crippen molar-refractivity contribution in [2.45, 2.75) is 19.0 Å². The molecule has 0 bridgehead atoms. The molecule has 2 atom stereocenters. The molecule has 0 radical (unpaired) electrons. The van der Waals surface area contributed by atoms with Crippen molar-refractivity contribution in [3.8, 4) is 0 Å². The maximum Gasteiger partial charge on any atom is 0.0471 e. The van der Waals surface area contributed by atoms with Gasteiger partial charge in [-0.05, 0) is 37.9 Å². The smallest absolute Gasteiger partial charge is 0.0471 e. The molecule has 0 aromatic carbocycles. The fourth-order valence-corrected chi connectivity index (χ4v) is 2.51. The SMILES string of the molecule is CSCC(C)N(C)C(CN)c1ccncc1. The minimum absolute atomic E-state index is 0.283. The molecule has 2 N–H and O–H groups in total. The second kappa shape index (κ2) is 6.89. The third-order valence-electron chi connectivity index (χ3n) is 2.91. The van der Waals surface area contributed by atoms with Crippen molar-refractivity contribution < 1.29 is 0 Å². The van der Waals surface area contributed by atoms with Gasteiger partial charge in [0, 0.05) is 36.8 Å². The molecule has 1 heterocycles. The first-order chi connectivity index (χ1) is 7.70. The van der Waals surface area contributed by atoms with E-state index in [0.717, 1.165) is 5.75 Å². The minimum atomic E-state index is 0.283. The van der Waals surface area contributed by atoms with E-state index in [1.165, 1.54) is 5.56 Å². The summed E-state index contributed by atoms with van der Waals surface area (Å²) in [6.45, 7) is 2.87. The third kappa shape index (κ3) is 3.47. The number of nitrogens with two attached hydrogens (primary N) is 1. The summed E-state index contributed by atoms with van der Waals surface area (Å²) in [7, 11) is 2.14. The molecule has 0 fully saturated rings. The highest BCUT2D eigenvalue weighted by Gasteiger charge is 2.19. The van der Waals surface area contributed by atoms with Gasteiger partial charge in [-0.15, -0.1) is 0 Å². The van der Waals surface area contributed by atoms with E-state index in [9.17, 15) is 0 Å². The topological polar surface area (TPSA) is 42.1 Å². The Morgan fingerprint density at radius 1 is 1.44 bits per heavy atom. The average Bonchev–Trinajstić information content (AvgIpc) is 2.31. The summed E-state index contributed by atoms with van der Waals surface area (Å²) in [5.41, 5.74) is 7.11. The van der Waals surface area contributed by atoms with E-state index in [1.54, 1.807) is 0 Å². The Morgan fingerprint density at radius 3 is 2.56 bits per heavy atom. The molecular weight excluding hydrogens is 218 g/mol. The predicted molar refractivity (Wildman–Crippen MR) is 71.6 cm³/mol. The fourth-order valence-electron chi connectivity index (χ4n) is 1.79. The van der Waals surface area contributed by atoms with Crippen LogP contribution in [-0.4, -0.2) is 41.5 Å². The van der Waals surface area contributed by atoms with Gasteiger partial charge in [-0.3, -0.25) is 9.88 Å². The lowest BCUT2D eigenvalue weighted by Crippen LogP contribution is -2.38. The lowest BCUT2D eigenvalue weighted by atomic mass is 10.1. The van der Waals surface area contributed by atoms with E-state index in [4.69, 9.17) is 5.73 Å². The maximum absolute atomic E-state index is 5.87. The number of aromatic nitrogens is 1. The lowest BCUT2D eigenvalue weighted by molar-refractivity contribution is 0.204. The molecule has 0 saturated carbocycles. The summed E-state index contributed by atoms with van der Waals surface area (Å²) in [6, 6.07) is 4.89. The van der Waals surface area contributed by atoms with Gasteiger partial charge in [0.15, 0.2) is 0 Å². The molecule has 1 rings (SSSR count). The van der Waals surface area contributed by atoms with E-state index in [0.29, 0.717) is 12.6 Å². The molecule has 1 aromatic heterocycles. The molecule has 0 aliphatic heterocycles. The highest BCUT2D eigenvalue weighted by molar-refractivity contribution is 7.98. The Hall–Kier alpha value is -0.580. The molecule has 4 heteroatoms. The highest BCUT2D eigenvalue weighted by atomic mass is 32.2. The Kier molecular flexibility index (Phi) is 5.80. The second-order valence-corrected chi connectivity index (χ2v) is 4.91. The molecule has 0 aliphatic rings. The molecular formula is C12H21N3S. The third-order valence-corrected chi connectivity index (χ3v) is 3.72. The van der Waals surface area contributed by atoms with E-state index in [1.807, 2.05) is 36.3 Å². The van der Waals surface area contributed by atoms with Crippen LogP contribution in [0, 0.1) is 0 Å². The van der Waals surface area contributed by atoms with Crippen LogP contribution in [-0.2, 0) is 0 Å². The van der Waals surface area contributed by atoms with Crippen molar-refractivity contribution in [2.75, 3.05) is 25.6 Å². The van der Waals surface area contributed by atoms with Crippen molar-refractivity contribution in [2.24, 2.45) is 5.73 Å². The van der Waals surface area contributed by atoms with Crippen molar-refractivity contribution in [3.05, 3.63) is 30.1 Å². The molecule has 2 unspecified atom stereocenters. The number of hydrogen-bond donors (Lipinski definition) is 1. The van der Waals surface area contributed by atoms with Crippen LogP contribution in [0.2, 0.25) is 0 Å². The summed E-state index contributed by atoms with van der Waals surface area (Å²) < 4.78 is 0. The number of likely N-dealkylation sites (N-methyl/N-ethyl adjacent to an activating group) is 1. The van der Waals surface area contributed by atoms with Crippen LogP contribution < -0.4 is 5.73 Å². The molecule has 0 amide bonds. The number of nitrogens with zero attached hydrogens (tertiary/aromatic N) is 2. The molecule has 0 spiro atoms. The van der Waals surface area contributed by atoms with Crippen LogP contribution in [0.5, 0.6) is 0 Å². The standard InChI is InChI=1S/C12H21N3S/c1-10(9-16-3)15(2)12(8-13)11-4-6-14-7-5-11/h4-7,10,12H,8-9,13H2,1-3H3. The second-order valence-electron chi connectivity index (χ2n) is 4.00. The lowest BCUT2D eigenvalue weighted by Gasteiger charge is -2.32. The van der Waals surface area contributed by atoms with Gasteiger partial charge in [-0.1, -0.05) is 0 Å². The molecule has 90 valence electrons. The maximum atomic E-state index is 5.87. The normalized spacial score (nSPS) is 15.1. The first-order valence-corrected chi connectivity index (χ1v) is 6.91. The van der Waals surface area contributed by atoms with Crippen molar-refractivity contribution in [3.63, 3.8) is 0 Å². The number of thioether (sulfide) groups is 1. The largest absolute Gasteiger partial charge is 0.329 e. The van der Waals surface area contributed by atoms with Crippen LogP contribution >= 0.6 is 11.8 Å².